The summed E-state index contributed by atoms with van der Waals surface area (Å²) >= 11 is 0. The molecule has 0 heterocycles. The van der Waals surface area contributed by atoms with Gasteiger partial charge in [0.2, 0.25) is 0 Å². The van der Waals surface area contributed by atoms with Crippen molar-refractivity contribution in [2.24, 2.45) is 5.92 Å². The van der Waals surface area contributed by atoms with Crippen molar-refractivity contribution in [2.75, 3.05) is 13.7 Å². The van der Waals surface area contributed by atoms with E-state index in [4.69, 9.17) is 4.74 Å². The molecule has 1 aliphatic carbocycles. The monoisotopic (exact) mass is 242 g/mol. The maximum Gasteiger partial charge on any atom is 0.162 e. The van der Waals surface area contributed by atoms with E-state index in [9.17, 15) is 13.9 Å². The van der Waals surface area contributed by atoms with E-state index < -0.39 is 17.2 Å². The number of ether oxygens (including phenoxy) is 1. The van der Waals surface area contributed by atoms with Crippen LogP contribution in [0.25, 0.3) is 0 Å². The fraction of sp³-hybridized carbons (Fsp3) is 0.538. The predicted octanol–water partition coefficient (Wildman–Crippen LogP) is 2.29. The summed E-state index contributed by atoms with van der Waals surface area (Å²) in [6, 6.07) is 4.03. The minimum absolute atomic E-state index is 0.0924. The molecule has 17 heavy (non-hydrogen) atoms. The minimum atomic E-state index is -1.08. The van der Waals surface area contributed by atoms with E-state index in [0.717, 1.165) is 18.9 Å². The van der Waals surface area contributed by atoms with Crippen molar-refractivity contribution in [1.29, 1.82) is 0 Å². The average molecular weight is 242 g/mol. The molecule has 0 amide bonds. The van der Waals surface area contributed by atoms with Gasteiger partial charge in [0, 0.05) is 13.5 Å². The highest BCUT2D eigenvalue weighted by Gasteiger charge is 2.44. The van der Waals surface area contributed by atoms with Crippen LogP contribution in [0, 0.1) is 17.6 Å². The smallest absolute Gasteiger partial charge is 0.162 e. The van der Waals surface area contributed by atoms with Crippen LogP contribution >= 0.6 is 0 Å². The molecule has 1 aromatic rings. The molecule has 1 saturated carbocycles. The van der Waals surface area contributed by atoms with Gasteiger partial charge < -0.3 is 9.84 Å². The van der Waals surface area contributed by atoms with Gasteiger partial charge in [-0.3, -0.25) is 0 Å². The molecule has 2 nitrogen and oxygen atoms in total. The molecule has 1 fully saturated rings. The van der Waals surface area contributed by atoms with Gasteiger partial charge >= 0.3 is 0 Å². The summed E-state index contributed by atoms with van der Waals surface area (Å²) in [6.45, 7) is 0.146. The zero-order valence-electron chi connectivity index (χ0n) is 9.75. The summed E-state index contributed by atoms with van der Waals surface area (Å²) < 4.78 is 31.6. The Hall–Kier alpha value is -1.00. The zero-order valence-corrected chi connectivity index (χ0v) is 9.75. The Morgan fingerprint density at radius 1 is 1.41 bits per heavy atom. The van der Waals surface area contributed by atoms with Gasteiger partial charge in [-0.25, -0.2) is 8.78 Å². The number of halogens is 2. The molecule has 1 atom stereocenters. The van der Waals surface area contributed by atoms with Gasteiger partial charge in [-0.1, -0.05) is 12.1 Å². The van der Waals surface area contributed by atoms with Crippen molar-refractivity contribution in [2.45, 2.75) is 24.9 Å². The second-order valence-corrected chi connectivity index (χ2v) is 4.70. The van der Waals surface area contributed by atoms with E-state index in [0.29, 0.717) is 0 Å². The molecule has 1 N–H and O–H groups in total. The fourth-order valence-electron chi connectivity index (χ4n) is 2.20. The Labute approximate surface area is 99.2 Å². The van der Waals surface area contributed by atoms with Gasteiger partial charge in [-0.15, -0.1) is 0 Å². The van der Waals surface area contributed by atoms with Gasteiger partial charge in [0.15, 0.2) is 11.6 Å². The molecule has 0 bridgehead atoms. The zero-order chi connectivity index (χ0) is 12.5. The molecule has 0 aromatic heterocycles. The van der Waals surface area contributed by atoms with Gasteiger partial charge in [0.05, 0.1) is 12.2 Å². The third-order valence-electron chi connectivity index (χ3n) is 3.26. The lowest BCUT2D eigenvalue weighted by molar-refractivity contribution is -0.0479. The van der Waals surface area contributed by atoms with Crippen molar-refractivity contribution in [3.63, 3.8) is 0 Å². The molecule has 0 radical (unpaired) electrons. The van der Waals surface area contributed by atoms with Crippen LogP contribution in [0.2, 0.25) is 0 Å². The standard InChI is InChI=1S/C13H16F2O2/c1-17-8-13(16,10-5-6-10)7-9-3-2-4-11(14)12(9)15/h2-4,10,16H,5-8H2,1H3. The minimum Gasteiger partial charge on any atom is -0.387 e. The Morgan fingerprint density at radius 2 is 2.12 bits per heavy atom. The first-order valence-electron chi connectivity index (χ1n) is 5.71. The van der Waals surface area contributed by atoms with E-state index in [2.05, 4.69) is 0 Å². The SMILES string of the molecule is COCC(O)(Cc1cccc(F)c1F)C1CC1. The summed E-state index contributed by atoms with van der Waals surface area (Å²) in [6.07, 6.45) is 1.92. The molecule has 0 aliphatic heterocycles. The highest BCUT2D eigenvalue weighted by molar-refractivity contribution is 5.22. The first kappa shape index (κ1) is 12.5. The maximum atomic E-state index is 13.5. The highest BCUT2D eigenvalue weighted by atomic mass is 19.2. The Bertz CT molecular complexity index is 404. The van der Waals surface area contributed by atoms with Crippen molar-refractivity contribution < 1.29 is 18.6 Å². The van der Waals surface area contributed by atoms with Gasteiger partial charge in [0.1, 0.15) is 0 Å². The van der Waals surface area contributed by atoms with Crippen LogP contribution in [0.1, 0.15) is 18.4 Å². The Kier molecular flexibility index (Phi) is 3.45. The molecule has 94 valence electrons. The van der Waals surface area contributed by atoms with Crippen molar-refractivity contribution in [3.05, 3.63) is 35.4 Å². The number of hydrogen-bond acceptors (Lipinski definition) is 2. The second kappa shape index (κ2) is 4.70. The molecule has 0 spiro atoms. The van der Waals surface area contributed by atoms with E-state index >= 15 is 0 Å². The van der Waals surface area contributed by atoms with E-state index in [1.165, 1.54) is 19.2 Å². The van der Waals surface area contributed by atoms with E-state index in [-0.39, 0.29) is 24.5 Å². The molecule has 1 unspecified atom stereocenters. The molecule has 1 aliphatic rings. The summed E-state index contributed by atoms with van der Waals surface area (Å²) in [5.74, 6) is -1.62. The van der Waals surface area contributed by atoms with Crippen LogP contribution in [-0.2, 0) is 11.2 Å². The van der Waals surface area contributed by atoms with Crippen LogP contribution in [0.3, 0.4) is 0 Å². The largest absolute Gasteiger partial charge is 0.387 e. The number of benzene rings is 1. The van der Waals surface area contributed by atoms with Crippen LogP contribution < -0.4 is 0 Å². The first-order valence-corrected chi connectivity index (χ1v) is 5.71. The summed E-state index contributed by atoms with van der Waals surface area (Å²) in [5.41, 5.74) is -0.875. The van der Waals surface area contributed by atoms with Crippen LogP contribution in [0.4, 0.5) is 8.78 Å². The Morgan fingerprint density at radius 3 is 2.71 bits per heavy atom. The number of methoxy groups -OCH3 is 1. The summed E-state index contributed by atoms with van der Waals surface area (Å²) in [4.78, 5) is 0. The lowest BCUT2D eigenvalue weighted by atomic mass is 9.90. The third-order valence-corrected chi connectivity index (χ3v) is 3.26. The average Bonchev–Trinajstić information content (AvgIpc) is 3.09. The second-order valence-electron chi connectivity index (χ2n) is 4.70. The Balaban J connectivity index is 2.20. The van der Waals surface area contributed by atoms with E-state index in [1.807, 2.05) is 0 Å². The molecule has 2 rings (SSSR count). The summed E-state index contributed by atoms with van der Waals surface area (Å²) in [5, 5.41) is 10.4. The lowest BCUT2D eigenvalue weighted by Gasteiger charge is -2.27. The number of rotatable bonds is 5. The highest BCUT2D eigenvalue weighted by Crippen LogP contribution is 2.42. The fourth-order valence-corrected chi connectivity index (χ4v) is 2.20. The van der Waals surface area contributed by atoms with Crippen LogP contribution in [-0.4, -0.2) is 24.4 Å². The molecule has 0 saturated heterocycles. The molecular weight excluding hydrogens is 226 g/mol. The quantitative estimate of drug-likeness (QED) is 0.858. The van der Waals surface area contributed by atoms with Crippen molar-refractivity contribution >= 4 is 0 Å². The topological polar surface area (TPSA) is 29.5 Å². The van der Waals surface area contributed by atoms with Crippen molar-refractivity contribution in [3.8, 4) is 0 Å². The summed E-state index contributed by atoms with van der Waals surface area (Å²) in [7, 11) is 1.50. The third kappa shape index (κ3) is 2.64. The molecule has 4 heteroatoms. The van der Waals surface area contributed by atoms with Gasteiger partial charge in [-0.05, 0) is 30.4 Å². The normalized spacial score (nSPS) is 19.1. The molecule has 1 aromatic carbocycles. The van der Waals surface area contributed by atoms with Crippen molar-refractivity contribution in [1.82, 2.24) is 0 Å². The van der Waals surface area contributed by atoms with E-state index in [1.54, 1.807) is 0 Å². The van der Waals surface area contributed by atoms with Gasteiger partial charge in [-0.2, -0.15) is 0 Å². The van der Waals surface area contributed by atoms with Crippen LogP contribution in [0.5, 0.6) is 0 Å². The molecular formula is C13H16F2O2. The predicted molar refractivity (Wildman–Crippen MR) is 59.6 cm³/mol. The van der Waals surface area contributed by atoms with Crippen LogP contribution in [0.15, 0.2) is 18.2 Å². The number of aliphatic hydroxyl groups is 1. The maximum absolute atomic E-state index is 13.5. The first-order chi connectivity index (χ1) is 8.07. The number of hydrogen-bond donors (Lipinski definition) is 1. The van der Waals surface area contributed by atoms with Gasteiger partial charge in [0.25, 0.3) is 0 Å². The lowest BCUT2D eigenvalue weighted by Crippen LogP contribution is -2.39.